The van der Waals surface area contributed by atoms with Gasteiger partial charge in [-0.15, -0.1) is 11.8 Å². The van der Waals surface area contributed by atoms with Gasteiger partial charge in [-0.2, -0.15) is 0 Å². The van der Waals surface area contributed by atoms with Gasteiger partial charge in [0, 0.05) is 7.05 Å². The Kier molecular flexibility index (Phi) is 4.54. The van der Waals surface area contributed by atoms with E-state index >= 15 is 0 Å². The minimum Gasteiger partial charge on any atom is -0.511 e. The van der Waals surface area contributed by atoms with Crippen LogP contribution in [0.5, 0.6) is 0 Å². The fourth-order valence-corrected chi connectivity index (χ4v) is 2.09. The fourth-order valence-electron chi connectivity index (χ4n) is 1.32. The Morgan fingerprint density at radius 1 is 1.56 bits per heavy atom. The minimum absolute atomic E-state index is 0.000278. The third kappa shape index (κ3) is 2.63. The second-order valence-electron chi connectivity index (χ2n) is 3.03. The number of nitrogens with zero attached hydrogens (tertiary/aromatic N) is 1. The predicted octanol–water partition coefficient (Wildman–Crippen LogP) is 0.748. The summed E-state index contributed by atoms with van der Waals surface area (Å²) in [5.74, 6) is -0.499. The summed E-state index contributed by atoms with van der Waals surface area (Å²) in [5.41, 5.74) is -0.0932. The lowest BCUT2D eigenvalue weighted by atomic mass is 10.1. The van der Waals surface area contributed by atoms with Gasteiger partial charge in [0.1, 0.15) is 5.76 Å². The molecule has 1 aliphatic heterocycles. The molecule has 0 unspecified atom stereocenters. The lowest BCUT2D eigenvalue weighted by Gasteiger charge is -2.15. The molecule has 0 bridgehead atoms. The van der Waals surface area contributed by atoms with Gasteiger partial charge < -0.3 is 9.84 Å². The Bertz CT molecular complexity index is 373. The number of aliphatic imine (C=N–C) groups is 1. The fraction of sp³-hybridized carbons (Fsp3) is 0.500. The van der Waals surface area contributed by atoms with Crippen molar-refractivity contribution in [3.05, 3.63) is 11.3 Å². The van der Waals surface area contributed by atoms with Crippen molar-refractivity contribution in [1.82, 2.24) is 0 Å². The normalized spacial score (nSPS) is 17.6. The van der Waals surface area contributed by atoms with Gasteiger partial charge in [0.25, 0.3) is 0 Å². The molecule has 0 atom stereocenters. The quantitative estimate of drug-likeness (QED) is 0.584. The molecule has 0 aromatic carbocycles. The lowest BCUT2D eigenvalue weighted by Crippen LogP contribution is -2.29. The van der Waals surface area contributed by atoms with Crippen molar-refractivity contribution in [1.29, 1.82) is 0 Å². The van der Waals surface area contributed by atoms with Gasteiger partial charge in [0.05, 0.1) is 23.7 Å². The summed E-state index contributed by atoms with van der Waals surface area (Å²) in [5, 5.41) is 9.61. The first-order valence-corrected chi connectivity index (χ1v) is 5.94. The van der Waals surface area contributed by atoms with Crippen LogP contribution in [0.1, 0.15) is 6.92 Å². The SMILES string of the molecule is CCOC(=O)C(=NC)C1=C(O)CSCC1=O. The Hall–Kier alpha value is -1.30. The van der Waals surface area contributed by atoms with Crippen LogP contribution >= 0.6 is 11.8 Å². The Morgan fingerprint density at radius 2 is 2.25 bits per heavy atom. The van der Waals surface area contributed by atoms with E-state index in [0.29, 0.717) is 5.75 Å². The molecular weight excluding hydrogens is 230 g/mol. The standard InChI is InChI=1S/C10H13NO4S/c1-3-15-10(14)9(11-2)8-6(12)4-16-5-7(8)13/h12H,3-5H2,1-2H3. The lowest BCUT2D eigenvalue weighted by molar-refractivity contribution is -0.135. The zero-order valence-electron chi connectivity index (χ0n) is 9.15. The van der Waals surface area contributed by atoms with Crippen LogP contribution in [0.3, 0.4) is 0 Å². The van der Waals surface area contributed by atoms with Crippen LogP contribution in [0.2, 0.25) is 0 Å². The molecule has 1 aliphatic rings. The molecule has 0 aliphatic carbocycles. The zero-order valence-corrected chi connectivity index (χ0v) is 9.97. The van der Waals surface area contributed by atoms with E-state index in [4.69, 9.17) is 4.74 Å². The molecule has 0 saturated heterocycles. The number of aliphatic hydroxyl groups excluding tert-OH is 1. The Morgan fingerprint density at radius 3 is 2.75 bits per heavy atom. The van der Waals surface area contributed by atoms with E-state index < -0.39 is 5.97 Å². The number of hydrogen-bond acceptors (Lipinski definition) is 6. The molecule has 1 rings (SSSR count). The highest BCUT2D eigenvalue weighted by Crippen LogP contribution is 2.20. The molecule has 5 nitrogen and oxygen atoms in total. The predicted molar refractivity (Wildman–Crippen MR) is 62.0 cm³/mol. The number of ether oxygens (including phenoxy) is 1. The van der Waals surface area contributed by atoms with E-state index in [2.05, 4.69) is 4.99 Å². The number of carbonyl (C=O) groups excluding carboxylic acids is 2. The van der Waals surface area contributed by atoms with Crippen molar-refractivity contribution < 1.29 is 19.4 Å². The number of esters is 1. The van der Waals surface area contributed by atoms with Crippen molar-refractivity contribution in [2.75, 3.05) is 25.2 Å². The maximum atomic E-state index is 11.6. The number of hydrogen-bond donors (Lipinski definition) is 1. The highest BCUT2D eigenvalue weighted by atomic mass is 32.2. The topological polar surface area (TPSA) is 76.0 Å². The first kappa shape index (κ1) is 12.8. The van der Waals surface area contributed by atoms with Crippen molar-refractivity contribution in [3.8, 4) is 0 Å². The summed E-state index contributed by atoms with van der Waals surface area (Å²) in [6.45, 7) is 1.87. The number of aliphatic hydroxyl groups is 1. The summed E-state index contributed by atoms with van der Waals surface area (Å²) in [4.78, 5) is 26.8. The zero-order chi connectivity index (χ0) is 12.1. The second kappa shape index (κ2) is 5.69. The minimum atomic E-state index is -0.674. The van der Waals surface area contributed by atoms with E-state index in [1.807, 2.05) is 0 Å². The van der Waals surface area contributed by atoms with Gasteiger partial charge in [-0.3, -0.25) is 9.79 Å². The molecule has 1 heterocycles. The summed E-state index contributed by atoms with van der Waals surface area (Å²) < 4.78 is 4.77. The van der Waals surface area contributed by atoms with Gasteiger partial charge in [-0.1, -0.05) is 0 Å². The summed E-state index contributed by atoms with van der Waals surface area (Å²) in [6, 6.07) is 0. The Labute approximate surface area is 97.6 Å². The second-order valence-corrected chi connectivity index (χ2v) is 4.02. The number of Topliss-reactive ketones (excluding diaryl/α,β-unsaturated/α-hetero) is 1. The van der Waals surface area contributed by atoms with Crippen molar-refractivity contribution in [3.63, 3.8) is 0 Å². The van der Waals surface area contributed by atoms with E-state index in [1.54, 1.807) is 6.92 Å². The summed E-state index contributed by atoms with van der Waals surface area (Å²) in [7, 11) is 1.39. The van der Waals surface area contributed by atoms with Crippen LogP contribution in [0.4, 0.5) is 0 Å². The highest BCUT2D eigenvalue weighted by molar-refractivity contribution is 8.00. The largest absolute Gasteiger partial charge is 0.511 e. The first-order valence-electron chi connectivity index (χ1n) is 4.79. The van der Waals surface area contributed by atoms with Gasteiger partial charge in [-0.25, -0.2) is 4.79 Å². The van der Waals surface area contributed by atoms with Crippen molar-refractivity contribution >= 4 is 29.2 Å². The van der Waals surface area contributed by atoms with Gasteiger partial charge in [0.15, 0.2) is 11.5 Å². The van der Waals surface area contributed by atoms with Crippen LogP contribution in [-0.4, -0.2) is 47.7 Å². The highest BCUT2D eigenvalue weighted by Gasteiger charge is 2.29. The number of rotatable bonds is 3. The molecule has 6 heteroatoms. The van der Waals surface area contributed by atoms with Crippen LogP contribution < -0.4 is 0 Å². The molecule has 1 N–H and O–H groups in total. The molecule has 0 saturated carbocycles. The molecule has 16 heavy (non-hydrogen) atoms. The van der Waals surface area contributed by atoms with Crippen LogP contribution in [-0.2, 0) is 14.3 Å². The number of carbonyl (C=O) groups is 2. The monoisotopic (exact) mass is 243 g/mol. The maximum Gasteiger partial charge on any atom is 0.357 e. The third-order valence-corrected chi connectivity index (χ3v) is 2.91. The smallest absolute Gasteiger partial charge is 0.357 e. The van der Waals surface area contributed by atoms with Gasteiger partial charge in [0.2, 0.25) is 0 Å². The van der Waals surface area contributed by atoms with Crippen LogP contribution in [0.15, 0.2) is 16.3 Å². The number of thioether (sulfide) groups is 1. The molecular formula is C10H13NO4S. The van der Waals surface area contributed by atoms with Crippen LogP contribution in [0.25, 0.3) is 0 Å². The molecule has 0 fully saturated rings. The third-order valence-electron chi connectivity index (χ3n) is 1.97. The maximum absolute atomic E-state index is 11.6. The Balaban J connectivity index is 3.05. The van der Waals surface area contributed by atoms with E-state index in [-0.39, 0.29) is 35.2 Å². The van der Waals surface area contributed by atoms with Crippen molar-refractivity contribution in [2.24, 2.45) is 4.99 Å². The average molecular weight is 243 g/mol. The van der Waals surface area contributed by atoms with Crippen LogP contribution in [0, 0.1) is 0 Å². The summed E-state index contributed by atoms with van der Waals surface area (Å²) >= 11 is 1.30. The van der Waals surface area contributed by atoms with E-state index in [9.17, 15) is 14.7 Å². The van der Waals surface area contributed by atoms with Gasteiger partial charge in [-0.05, 0) is 6.92 Å². The van der Waals surface area contributed by atoms with Crippen molar-refractivity contribution in [2.45, 2.75) is 6.92 Å². The molecule has 0 spiro atoms. The van der Waals surface area contributed by atoms with E-state index in [1.165, 1.54) is 18.8 Å². The summed E-state index contributed by atoms with van der Waals surface area (Å²) in [6.07, 6.45) is 0. The average Bonchev–Trinajstić information content (AvgIpc) is 2.24. The number of ketones is 1. The molecule has 0 aromatic heterocycles. The molecule has 0 aromatic rings. The van der Waals surface area contributed by atoms with Gasteiger partial charge >= 0.3 is 5.97 Å². The molecule has 0 amide bonds. The van der Waals surface area contributed by atoms with E-state index in [0.717, 1.165) is 0 Å². The molecule has 88 valence electrons. The molecule has 0 radical (unpaired) electrons. The first-order chi connectivity index (χ1) is 7.61.